The molecule has 0 fully saturated rings. The minimum atomic E-state index is 0.000652. The number of rotatable bonds is 2. The number of hydrogen-bond donors (Lipinski definition) is 1. The van der Waals surface area contributed by atoms with Gasteiger partial charge in [0.05, 0.1) is 12.6 Å². The van der Waals surface area contributed by atoms with Crippen LogP contribution in [0.1, 0.15) is 46.4 Å². The van der Waals surface area contributed by atoms with Crippen molar-refractivity contribution < 1.29 is 9.53 Å². The van der Waals surface area contributed by atoms with Crippen molar-refractivity contribution in [1.29, 1.82) is 0 Å². The van der Waals surface area contributed by atoms with E-state index in [1.807, 2.05) is 30.3 Å². The number of hydrogen-bond acceptors (Lipinski definition) is 2. The number of carbonyl (C=O) groups excluding carboxylic acids is 1. The summed E-state index contributed by atoms with van der Waals surface area (Å²) < 4.78 is 5.76. The molecule has 23 heavy (non-hydrogen) atoms. The SMILES string of the molecule is CC1COc2ccccc2C1NC(=O)c1ccc2c(c1)CCC2. The summed E-state index contributed by atoms with van der Waals surface area (Å²) in [6.07, 6.45) is 3.43. The van der Waals surface area contributed by atoms with E-state index < -0.39 is 0 Å². The van der Waals surface area contributed by atoms with Crippen LogP contribution in [0.25, 0.3) is 0 Å². The molecule has 2 unspecified atom stereocenters. The van der Waals surface area contributed by atoms with Gasteiger partial charge in [0.25, 0.3) is 5.91 Å². The third-order valence-electron chi connectivity index (χ3n) is 4.97. The molecule has 1 aliphatic heterocycles. The Bertz CT molecular complexity index is 753. The van der Waals surface area contributed by atoms with Gasteiger partial charge < -0.3 is 10.1 Å². The molecular weight excluding hydrogens is 286 g/mol. The number of nitrogens with one attached hydrogen (secondary N) is 1. The first-order valence-electron chi connectivity index (χ1n) is 8.37. The highest BCUT2D eigenvalue weighted by Crippen LogP contribution is 2.35. The summed E-state index contributed by atoms with van der Waals surface area (Å²) in [7, 11) is 0. The first-order chi connectivity index (χ1) is 11.2. The summed E-state index contributed by atoms with van der Waals surface area (Å²) in [5, 5.41) is 3.21. The van der Waals surface area contributed by atoms with E-state index in [9.17, 15) is 4.79 Å². The summed E-state index contributed by atoms with van der Waals surface area (Å²) in [5.41, 5.74) is 4.56. The van der Waals surface area contributed by atoms with Gasteiger partial charge in [0.2, 0.25) is 0 Å². The van der Waals surface area contributed by atoms with Crippen molar-refractivity contribution >= 4 is 5.91 Å². The van der Waals surface area contributed by atoms with Crippen LogP contribution in [-0.4, -0.2) is 12.5 Å². The van der Waals surface area contributed by atoms with Crippen LogP contribution in [0.4, 0.5) is 0 Å². The first kappa shape index (κ1) is 14.3. The molecule has 2 atom stereocenters. The van der Waals surface area contributed by atoms with Crippen LogP contribution in [0.5, 0.6) is 5.75 Å². The van der Waals surface area contributed by atoms with Gasteiger partial charge in [0.1, 0.15) is 5.75 Å². The number of para-hydroxylation sites is 1. The van der Waals surface area contributed by atoms with Gasteiger partial charge in [-0.25, -0.2) is 0 Å². The molecule has 2 aromatic rings. The normalized spacial score (nSPS) is 22.0. The maximum absolute atomic E-state index is 12.7. The number of amides is 1. The van der Waals surface area contributed by atoms with E-state index in [0.29, 0.717) is 6.61 Å². The summed E-state index contributed by atoms with van der Waals surface area (Å²) in [6.45, 7) is 2.75. The Hall–Kier alpha value is -2.29. The Morgan fingerprint density at radius 3 is 2.87 bits per heavy atom. The molecule has 2 aromatic carbocycles. The summed E-state index contributed by atoms with van der Waals surface area (Å²) in [5.74, 6) is 1.14. The fourth-order valence-corrected chi connectivity index (χ4v) is 3.65. The zero-order valence-corrected chi connectivity index (χ0v) is 13.3. The zero-order valence-electron chi connectivity index (χ0n) is 13.3. The second kappa shape index (κ2) is 5.73. The maximum Gasteiger partial charge on any atom is 0.251 e. The molecule has 3 heteroatoms. The van der Waals surface area contributed by atoms with Gasteiger partial charge in [0.15, 0.2) is 0 Å². The second-order valence-electron chi connectivity index (χ2n) is 6.61. The van der Waals surface area contributed by atoms with Crippen molar-refractivity contribution in [1.82, 2.24) is 5.32 Å². The van der Waals surface area contributed by atoms with E-state index in [1.165, 1.54) is 17.5 Å². The lowest BCUT2D eigenvalue weighted by molar-refractivity contribution is 0.0898. The molecule has 0 saturated carbocycles. The highest BCUT2D eigenvalue weighted by molar-refractivity contribution is 5.94. The van der Waals surface area contributed by atoms with E-state index in [1.54, 1.807) is 0 Å². The van der Waals surface area contributed by atoms with Gasteiger partial charge in [-0.2, -0.15) is 0 Å². The number of ether oxygens (including phenoxy) is 1. The van der Waals surface area contributed by atoms with Crippen LogP contribution < -0.4 is 10.1 Å². The molecule has 4 rings (SSSR count). The molecule has 2 aliphatic rings. The Labute approximate surface area is 136 Å². The van der Waals surface area contributed by atoms with Crippen LogP contribution in [0, 0.1) is 5.92 Å². The predicted octanol–water partition coefficient (Wildman–Crippen LogP) is 3.67. The van der Waals surface area contributed by atoms with E-state index >= 15 is 0 Å². The highest BCUT2D eigenvalue weighted by atomic mass is 16.5. The minimum Gasteiger partial charge on any atom is -0.493 e. The Balaban J connectivity index is 1.59. The van der Waals surface area contributed by atoms with Crippen molar-refractivity contribution in [2.45, 2.75) is 32.2 Å². The predicted molar refractivity (Wildman–Crippen MR) is 89.8 cm³/mol. The van der Waals surface area contributed by atoms with Crippen molar-refractivity contribution in [3.63, 3.8) is 0 Å². The van der Waals surface area contributed by atoms with Gasteiger partial charge >= 0.3 is 0 Å². The van der Waals surface area contributed by atoms with E-state index in [-0.39, 0.29) is 17.9 Å². The molecule has 0 saturated heterocycles. The van der Waals surface area contributed by atoms with Gasteiger partial charge in [-0.1, -0.05) is 31.2 Å². The lowest BCUT2D eigenvalue weighted by Gasteiger charge is -2.32. The first-order valence-corrected chi connectivity index (χ1v) is 8.37. The molecule has 0 bridgehead atoms. The zero-order chi connectivity index (χ0) is 15.8. The smallest absolute Gasteiger partial charge is 0.251 e. The molecular formula is C20H21NO2. The second-order valence-corrected chi connectivity index (χ2v) is 6.61. The van der Waals surface area contributed by atoms with Crippen molar-refractivity contribution in [2.24, 2.45) is 5.92 Å². The number of carbonyl (C=O) groups is 1. The third kappa shape index (κ3) is 2.61. The third-order valence-corrected chi connectivity index (χ3v) is 4.97. The monoisotopic (exact) mass is 307 g/mol. The minimum absolute atomic E-state index is 0.000652. The molecule has 1 N–H and O–H groups in total. The topological polar surface area (TPSA) is 38.3 Å². The quantitative estimate of drug-likeness (QED) is 0.919. The van der Waals surface area contributed by atoms with E-state index in [0.717, 1.165) is 29.7 Å². The molecule has 1 amide bonds. The van der Waals surface area contributed by atoms with Gasteiger partial charge in [-0.05, 0) is 48.6 Å². The van der Waals surface area contributed by atoms with Gasteiger partial charge in [-0.15, -0.1) is 0 Å². The van der Waals surface area contributed by atoms with Crippen molar-refractivity contribution in [3.05, 3.63) is 64.7 Å². The fraction of sp³-hybridized carbons (Fsp3) is 0.350. The standard InChI is InChI=1S/C20H21NO2/c1-13-12-23-18-8-3-2-7-17(18)19(13)21-20(22)16-10-9-14-5-4-6-15(14)11-16/h2-3,7-11,13,19H,4-6,12H2,1H3,(H,21,22). The average molecular weight is 307 g/mol. The largest absolute Gasteiger partial charge is 0.493 e. The number of aryl methyl sites for hydroxylation is 2. The Kier molecular flexibility index (Phi) is 3.56. The molecule has 118 valence electrons. The molecule has 3 nitrogen and oxygen atoms in total. The average Bonchev–Trinajstić information content (AvgIpc) is 3.05. The number of benzene rings is 2. The van der Waals surface area contributed by atoms with E-state index in [2.05, 4.69) is 24.4 Å². The highest BCUT2D eigenvalue weighted by Gasteiger charge is 2.29. The van der Waals surface area contributed by atoms with E-state index in [4.69, 9.17) is 4.74 Å². The summed E-state index contributed by atoms with van der Waals surface area (Å²) in [6, 6.07) is 14.1. The van der Waals surface area contributed by atoms with Crippen molar-refractivity contribution in [3.8, 4) is 5.75 Å². The van der Waals surface area contributed by atoms with Crippen LogP contribution >= 0.6 is 0 Å². The van der Waals surface area contributed by atoms with Crippen LogP contribution in [0.3, 0.4) is 0 Å². The van der Waals surface area contributed by atoms with Gasteiger partial charge in [-0.3, -0.25) is 4.79 Å². The summed E-state index contributed by atoms with van der Waals surface area (Å²) >= 11 is 0. The van der Waals surface area contributed by atoms with Crippen LogP contribution in [0.2, 0.25) is 0 Å². The molecule has 0 aromatic heterocycles. The molecule has 1 aliphatic carbocycles. The molecule has 0 spiro atoms. The lowest BCUT2D eigenvalue weighted by atomic mass is 9.91. The van der Waals surface area contributed by atoms with Crippen LogP contribution in [-0.2, 0) is 12.8 Å². The van der Waals surface area contributed by atoms with Crippen LogP contribution in [0.15, 0.2) is 42.5 Å². The summed E-state index contributed by atoms with van der Waals surface area (Å²) in [4.78, 5) is 12.7. The molecule has 1 heterocycles. The fourth-order valence-electron chi connectivity index (χ4n) is 3.65. The van der Waals surface area contributed by atoms with Gasteiger partial charge in [0, 0.05) is 17.0 Å². The number of fused-ring (bicyclic) bond motifs is 2. The Morgan fingerprint density at radius 2 is 1.96 bits per heavy atom. The Morgan fingerprint density at radius 1 is 1.13 bits per heavy atom. The van der Waals surface area contributed by atoms with Crippen molar-refractivity contribution in [2.75, 3.05) is 6.61 Å². The maximum atomic E-state index is 12.7. The lowest BCUT2D eigenvalue weighted by Crippen LogP contribution is -2.37. The molecule has 0 radical (unpaired) electrons.